The highest BCUT2D eigenvalue weighted by atomic mass is 19.1. The molecule has 2 heterocycles. The molecule has 4 aromatic rings. The van der Waals surface area contributed by atoms with Crippen molar-refractivity contribution in [2.75, 3.05) is 33.3 Å². The lowest BCUT2D eigenvalue weighted by Crippen LogP contribution is -2.50. The molecule has 1 aromatic heterocycles. The Morgan fingerprint density at radius 1 is 0.763 bits per heavy atom. The van der Waals surface area contributed by atoms with Gasteiger partial charge in [-0.1, -0.05) is 42.5 Å². The van der Waals surface area contributed by atoms with Crippen molar-refractivity contribution in [2.24, 2.45) is 0 Å². The fraction of sp³-hybridized carbons (Fsp3) is 0.200. The summed E-state index contributed by atoms with van der Waals surface area (Å²) in [4.78, 5) is 30.2. The fourth-order valence-electron chi connectivity index (χ4n) is 4.89. The molecule has 1 saturated heterocycles. The van der Waals surface area contributed by atoms with Gasteiger partial charge in [-0.15, -0.1) is 0 Å². The molecule has 0 aliphatic carbocycles. The summed E-state index contributed by atoms with van der Waals surface area (Å²) in [5.41, 5.74) is 3.04. The number of ether oxygens (including phenoxy) is 1. The van der Waals surface area contributed by atoms with Gasteiger partial charge in [-0.2, -0.15) is 0 Å². The molecule has 0 radical (unpaired) electrons. The number of carbonyl (C=O) groups is 2. The third kappa shape index (κ3) is 4.65. The number of hydrogen-bond donors (Lipinski definition) is 0. The lowest BCUT2D eigenvalue weighted by Gasteiger charge is -2.35. The standard InChI is InChI=1S/C30H27F2N3O3/c1-20-24(19-27(21-8-4-3-5-9-21)35(20)26-13-12-22(31)18-25(26)32)30(37)34-16-14-33(15-17-34)29(36)23-10-6-7-11-28(23)38-2/h3-13,18-19H,14-17H2,1-2H3. The molecule has 1 aliphatic heterocycles. The predicted octanol–water partition coefficient (Wildman–Crippen LogP) is 5.34. The topological polar surface area (TPSA) is 54.8 Å². The number of piperazine rings is 1. The van der Waals surface area contributed by atoms with Gasteiger partial charge in [0.25, 0.3) is 11.8 Å². The van der Waals surface area contributed by atoms with Crippen LogP contribution in [0.5, 0.6) is 5.75 Å². The van der Waals surface area contributed by atoms with E-state index in [1.807, 2.05) is 36.4 Å². The lowest BCUT2D eigenvalue weighted by atomic mass is 10.1. The van der Waals surface area contributed by atoms with Crippen LogP contribution in [0.3, 0.4) is 0 Å². The Bertz CT molecular complexity index is 1490. The second kappa shape index (κ2) is 10.5. The van der Waals surface area contributed by atoms with Gasteiger partial charge in [-0.05, 0) is 42.8 Å². The molecule has 2 amide bonds. The highest BCUT2D eigenvalue weighted by Crippen LogP contribution is 2.32. The summed E-state index contributed by atoms with van der Waals surface area (Å²) < 4.78 is 35.5. The molecule has 194 valence electrons. The van der Waals surface area contributed by atoms with Crippen molar-refractivity contribution in [1.29, 1.82) is 0 Å². The lowest BCUT2D eigenvalue weighted by molar-refractivity contribution is 0.0533. The smallest absolute Gasteiger partial charge is 0.257 e. The van der Waals surface area contributed by atoms with Crippen LogP contribution in [0.2, 0.25) is 0 Å². The summed E-state index contributed by atoms with van der Waals surface area (Å²) in [6.07, 6.45) is 0. The van der Waals surface area contributed by atoms with Gasteiger partial charge in [0.15, 0.2) is 0 Å². The Hall–Kier alpha value is -4.46. The second-order valence-corrected chi connectivity index (χ2v) is 9.11. The van der Waals surface area contributed by atoms with Crippen LogP contribution >= 0.6 is 0 Å². The summed E-state index contributed by atoms with van der Waals surface area (Å²) in [5.74, 6) is -1.23. The van der Waals surface area contributed by atoms with E-state index in [1.54, 1.807) is 45.6 Å². The van der Waals surface area contributed by atoms with Crippen LogP contribution in [-0.4, -0.2) is 59.5 Å². The van der Waals surface area contributed by atoms with Gasteiger partial charge in [0.1, 0.15) is 17.4 Å². The maximum atomic E-state index is 14.9. The summed E-state index contributed by atoms with van der Waals surface area (Å²) >= 11 is 0. The first-order valence-corrected chi connectivity index (χ1v) is 12.3. The van der Waals surface area contributed by atoms with Crippen LogP contribution in [0, 0.1) is 18.6 Å². The second-order valence-electron chi connectivity index (χ2n) is 9.11. The number of aromatic nitrogens is 1. The average Bonchev–Trinajstić information content (AvgIpc) is 3.29. The van der Waals surface area contributed by atoms with Gasteiger partial charge in [0.05, 0.1) is 29.6 Å². The Labute approximate surface area is 219 Å². The minimum atomic E-state index is -0.719. The van der Waals surface area contributed by atoms with Crippen molar-refractivity contribution in [3.05, 3.63) is 107 Å². The molecule has 3 aromatic carbocycles. The summed E-state index contributed by atoms with van der Waals surface area (Å²) in [6.45, 7) is 3.22. The first-order valence-electron chi connectivity index (χ1n) is 12.3. The Morgan fingerprint density at radius 3 is 2.00 bits per heavy atom. The van der Waals surface area contributed by atoms with Crippen molar-refractivity contribution >= 4 is 11.8 Å². The number of amides is 2. The van der Waals surface area contributed by atoms with Crippen molar-refractivity contribution in [3.8, 4) is 22.7 Å². The maximum absolute atomic E-state index is 14.9. The van der Waals surface area contributed by atoms with Gasteiger partial charge in [0, 0.05) is 37.9 Å². The number of hydrogen-bond acceptors (Lipinski definition) is 3. The van der Waals surface area contributed by atoms with Gasteiger partial charge in [-0.25, -0.2) is 8.78 Å². The minimum Gasteiger partial charge on any atom is -0.496 e. The zero-order chi connectivity index (χ0) is 26.8. The third-order valence-corrected chi connectivity index (χ3v) is 6.89. The van der Waals surface area contributed by atoms with E-state index in [0.717, 1.165) is 11.6 Å². The SMILES string of the molecule is COc1ccccc1C(=O)N1CCN(C(=O)c2cc(-c3ccccc3)n(-c3ccc(F)cc3F)c2C)CC1. The summed E-state index contributed by atoms with van der Waals surface area (Å²) in [7, 11) is 1.53. The van der Waals surface area contributed by atoms with Gasteiger partial charge in [0.2, 0.25) is 0 Å². The predicted molar refractivity (Wildman–Crippen MR) is 141 cm³/mol. The van der Waals surface area contributed by atoms with Crippen molar-refractivity contribution in [1.82, 2.24) is 14.4 Å². The van der Waals surface area contributed by atoms with Crippen LogP contribution in [0.1, 0.15) is 26.4 Å². The molecule has 6 nitrogen and oxygen atoms in total. The number of carbonyl (C=O) groups excluding carboxylic acids is 2. The van der Waals surface area contributed by atoms with Crippen LogP contribution < -0.4 is 4.74 Å². The largest absolute Gasteiger partial charge is 0.496 e. The van der Waals surface area contributed by atoms with Crippen LogP contribution in [0.15, 0.2) is 78.9 Å². The van der Waals surface area contributed by atoms with E-state index in [4.69, 9.17) is 4.74 Å². The molecule has 0 bridgehead atoms. The zero-order valence-corrected chi connectivity index (χ0v) is 21.2. The average molecular weight is 516 g/mol. The van der Waals surface area contributed by atoms with E-state index in [1.165, 1.54) is 19.2 Å². The monoisotopic (exact) mass is 515 g/mol. The molecule has 1 fully saturated rings. The molecular weight excluding hydrogens is 488 g/mol. The molecule has 38 heavy (non-hydrogen) atoms. The number of rotatable bonds is 5. The van der Waals surface area contributed by atoms with E-state index in [9.17, 15) is 18.4 Å². The van der Waals surface area contributed by atoms with E-state index in [-0.39, 0.29) is 17.5 Å². The van der Waals surface area contributed by atoms with Gasteiger partial charge < -0.3 is 19.1 Å². The minimum absolute atomic E-state index is 0.143. The first kappa shape index (κ1) is 25.2. The van der Waals surface area contributed by atoms with Gasteiger partial charge in [-0.3, -0.25) is 9.59 Å². The molecule has 0 saturated carbocycles. The molecule has 0 spiro atoms. The highest BCUT2D eigenvalue weighted by molar-refractivity contribution is 5.99. The zero-order valence-electron chi connectivity index (χ0n) is 21.2. The van der Waals surface area contributed by atoms with Crippen molar-refractivity contribution < 1.29 is 23.1 Å². The molecule has 5 rings (SSSR count). The van der Waals surface area contributed by atoms with Crippen LogP contribution in [0.4, 0.5) is 8.78 Å². The molecule has 0 unspecified atom stereocenters. The Balaban J connectivity index is 1.42. The number of methoxy groups -OCH3 is 1. The van der Waals surface area contributed by atoms with Crippen LogP contribution in [-0.2, 0) is 0 Å². The van der Waals surface area contributed by atoms with Crippen LogP contribution in [0.25, 0.3) is 16.9 Å². The van der Waals surface area contributed by atoms with Gasteiger partial charge >= 0.3 is 0 Å². The first-order chi connectivity index (χ1) is 18.4. The number of nitrogens with zero attached hydrogens (tertiary/aromatic N) is 3. The molecule has 0 atom stereocenters. The number of benzene rings is 3. The highest BCUT2D eigenvalue weighted by Gasteiger charge is 2.29. The quantitative estimate of drug-likeness (QED) is 0.361. The third-order valence-electron chi connectivity index (χ3n) is 6.89. The summed E-state index contributed by atoms with van der Waals surface area (Å²) in [5, 5.41) is 0. The van der Waals surface area contributed by atoms with E-state index >= 15 is 0 Å². The Kier molecular flexibility index (Phi) is 6.96. The fourth-order valence-corrected chi connectivity index (χ4v) is 4.89. The normalized spacial score (nSPS) is 13.5. The van der Waals surface area contributed by atoms with E-state index in [0.29, 0.717) is 54.4 Å². The number of halogens is 2. The van der Waals surface area contributed by atoms with E-state index in [2.05, 4.69) is 0 Å². The number of para-hydroxylation sites is 1. The molecular formula is C30H27F2N3O3. The Morgan fingerprint density at radius 2 is 1.37 bits per heavy atom. The maximum Gasteiger partial charge on any atom is 0.257 e. The molecule has 8 heteroatoms. The molecule has 1 aliphatic rings. The van der Waals surface area contributed by atoms with Crippen molar-refractivity contribution in [3.63, 3.8) is 0 Å². The molecule has 0 N–H and O–H groups in total. The van der Waals surface area contributed by atoms with E-state index < -0.39 is 11.6 Å². The van der Waals surface area contributed by atoms with Crippen molar-refractivity contribution in [2.45, 2.75) is 6.92 Å². The summed E-state index contributed by atoms with van der Waals surface area (Å²) in [6, 6.07) is 21.6.